The number of aliphatic hydroxyl groups excluding tert-OH is 2. The number of phenolic OH excluding ortho intramolecular Hbond substituents is 1. The van der Waals surface area contributed by atoms with Crippen molar-refractivity contribution in [3.05, 3.63) is 109 Å². The number of hydrogen-bond donors (Lipinski definition) is 5. The Hall–Kier alpha value is -7.20. The van der Waals surface area contributed by atoms with E-state index in [1.165, 1.54) is 66.2 Å². The van der Waals surface area contributed by atoms with Crippen molar-refractivity contribution in [3.8, 4) is 11.5 Å². The van der Waals surface area contributed by atoms with Gasteiger partial charge in [0.15, 0.2) is 11.2 Å². The Balaban J connectivity index is 1.00. The number of Topliss-reactive ketones (excluding diaryl/α,β-unsaturated/α-hetero) is 4. The number of aromatic hydroxyl groups is 1. The summed E-state index contributed by atoms with van der Waals surface area (Å²) in [6.45, 7) is 14.0. The number of phenols is 1. The standard InChI is InChI=1S/C61H71ClFN5O15/c1-27-12-11-13-28(2)59(78)65-46-49(66-20-16-35(17-21-66)60(79)64-36-18-22-67(25-36)48-40(63)24-38-47(45(48)62)68(37-14-15-37)26-39(33(7)69)53(38)74)55(76)42-43(54(46)75)52(73)32(6)57-44(42)58(77)61(9,83-57)81-23-19-41(80-10)29(3)56(82-34(8)70)31(5)51(72)30(4)50(27)71/h11-13,19,23-24,26-27,29-31,35-37,41,50-51,56,71-73H,14-18,20-22,25H2,1-10H3,(H,64,79)(H,65,78)/b12-11+,23-19+,28-13-/t27-,29+,30+,31+,36?,41-,50-,51+,56+,61-/m0/s1. The van der Waals surface area contributed by atoms with Crippen LogP contribution in [-0.4, -0.2) is 135 Å². The summed E-state index contributed by atoms with van der Waals surface area (Å²) < 4.78 is 41.6. The Labute approximate surface area is 484 Å². The predicted octanol–water partition coefficient (Wildman–Crippen LogP) is 6.71. The predicted molar refractivity (Wildman–Crippen MR) is 303 cm³/mol. The average Bonchev–Trinajstić information content (AvgIpc) is 2.31. The first-order valence-corrected chi connectivity index (χ1v) is 28.5. The van der Waals surface area contributed by atoms with Gasteiger partial charge in [0, 0.05) is 106 Å². The highest BCUT2D eigenvalue weighted by atomic mass is 35.5. The summed E-state index contributed by atoms with van der Waals surface area (Å²) in [7, 11) is 1.40. The van der Waals surface area contributed by atoms with Crippen molar-refractivity contribution in [1.82, 2.24) is 20.1 Å². The van der Waals surface area contributed by atoms with Crippen LogP contribution in [0.3, 0.4) is 0 Å². The molecule has 444 valence electrons. The summed E-state index contributed by atoms with van der Waals surface area (Å²) in [5, 5.41) is 40.8. The van der Waals surface area contributed by atoms with Crippen LogP contribution in [-0.2, 0) is 28.6 Å². The average molecular weight is 1170 g/mol. The third-order valence-corrected chi connectivity index (χ3v) is 17.8. The number of fused-ring (bicyclic) bond motifs is 15. The van der Waals surface area contributed by atoms with Crippen LogP contribution in [0.5, 0.6) is 11.5 Å². The van der Waals surface area contributed by atoms with E-state index in [0.29, 0.717) is 18.5 Å². The summed E-state index contributed by atoms with van der Waals surface area (Å²) >= 11 is 6.97. The SMILES string of the molecule is CO[C@H]1/C=C/O[C@@]2(C)Oc3c(C)c(O)c4c(c3C2=O)C(=O)C(N2CCC(C(=O)NC3CCN(c5c(F)cc6c(=O)c(C(C)=O)cn(C7CC7)c6c5Cl)C3)CC2)=C(NC(=O)/C(C)=C\C=C\[C@H](C)[C@H](O)[C@@H](C)[C@@H](O)[C@@H](C)[C@H](OC(C)=O)[C@@H]1C)C4=O. The van der Waals surface area contributed by atoms with Crippen LogP contribution in [0.2, 0.25) is 5.02 Å². The maximum atomic E-state index is 16.1. The number of allylic oxidation sites excluding steroid dienone is 4. The minimum absolute atomic E-state index is 0.00121. The number of piperidine rings is 1. The van der Waals surface area contributed by atoms with Crippen molar-refractivity contribution in [3.63, 3.8) is 0 Å². The number of ketones is 4. The zero-order chi connectivity index (χ0) is 60.4. The fraction of sp³-hybridized carbons (Fsp3) is 0.508. The van der Waals surface area contributed by atoms with Gasteiger partial charge in [0.25, 0.3) is 11.7 Å². The zero-order valence-electron chi connectivity index (χ0n) is 48.1. The van der Waals surface area contributed by atoms with E-state index in [0.717, 1.165) is 25.2 Å². The first-order valence-electron chi connectivity index (χ1n) is 28.1. The lowest BCUT2D eigenvalue weighted by Gasteiger charge is -2.38. The largest absolute Gasteiger partial charge is 0.507 e. The van der Waals surface area contributed by atoms with Gasteiger partial charge >= 0.3 is 11.8 Å². The normalized spacial score (nSPS) is 29.7. The molecule has 2 amide bonds. The van der Waals surface area contributed by atoms with Gasteiger partial charge in [-0.3, -0.25) is 38.4 Å². The Bertz CT molecular complexity index is 3430. The van der Waals surface area contributed by atoms with Crippen molar-refractivity contribution in [1.29, 1.82) is 0 Å². The first-order chi connectivity index (χ1) is 39.2. The van der Waals surface area contributed by atoms with Gasteiger partial charge in [0.2, 0.25) is 17.5 Å². The molecule has 6 heterocycles. The number of hydrogen-bond acceptors (Lipinski definition) is 17. The third-order valence-electron chi connectivity index (χ3n) is 17.5. The van der Waals surface area contributed by atoms with E-state index in [4.69, 9.17) is 30.5 Å². The molecule has 2 aliphatic carbocycles. The minimum Gasteiger partial charge on any atom is -0.507 e. The molecule has 1 unspecified atom stereocenters. The molecule has 5 bridgehead atoms. The topological polar surface area (TPSA) is 270 Å². The minimum atomic E-state index is -2.18. The molecule has 83 heavy (non-hydrogen) atoms. The Morgan fingerprint density at radius 3 is 2.19 bits per heavy atom. The van der Waals surface area contributed by atoms with Crippen molar-refractivity contribution in [2.75, 3.05) is 38.2 Å². The molecular weight excluding hydrogens is 1100 g/mol. The Morgan fingerprint density at radius 1 is 0.880 bits per heavy atom. The molecule has 22 heteroatoms. The van der Waals surface area contributed by atoms with Crippen LogP contribution in [0.25, 0.3) is 10.9 Å². The van der Waals surface area contributed by atoms with Gasteiger partial charge in [-0.05, 0) is 65.0 Å². The number of methoxy groups -OCH3 is 1. The third kappa shape index (κ3) is 11.1. The fourth-order valence-electron chi connectivity index (χ4n) is 12.4. The number of carbonyl (C=O) groups is 7. The van der Waals surface area contributed by atoms with Crippen molar-refractivity contribution in [2.45, 2.75) is 137 Å². The lowest BCUT2D eigenvalue weighted by Crippen LogP contribution is -2.47. The number of ether oxygens (including phenoxy) is 4. The lowest BCUT2D eigenvalue weighted by molar-refractivity contribution is -0.160. The molecule has 0 spiro atoms. The van der Waals surface area contributed by atoms with Crippen molar-refractivity contribution in [2.24, 2.45) is 29.6 Å². The smallest absolute Gasteiger partial charge is 0.312 e. The van der Waals surface area contributed by atoms with E-state index < -0.39 is 135 Å². The number of likely N-dealkylation sites (tertiary alicyclic amines) is 1. The van der Waals surface area contributed by atoms with Crippen LogP contribution < -0.4 is 25.7 Å². The van der Waals surface area contributed by atoms with E-state index >= 15 is 14.0 Å². The number of amides is 2. The number of pyridine rings is 1. The number of rotatable bonds is 8. The monoisotopic (exact) mass is 1170 g/mol. The maximum Gasteiger partial charge on any atom is 0.312 e. The number of nitrogens with zero attached hydrogens (tertiary/aromatic N) is 3. The van der Waals surface area contributed by atoms with Crippen LogP contribution >= 0.6 is 11.6 Å². The number of anilines is 1. The summed E-state index contributed by atoms with van der Waals surface area (Å²) in [4.78, 5) is 115. The van der Waals surface area contributed by atoms with E-state index in [-0.39, 0.29) is 94.2 Å². The van der Waals surface area contributed by atoms with Crippen molar-refractivity contribution < 1.29 is 72.2 Å². The molecule has 2 saturated heterocycles. The lowest BCUT2D eigenvalue weighted by atomic mass is 9.78. The van der Waals surface area contributed by atoms with Crippen molar-refractivity contribution >= 4 is 69.1 Å². The van der Waals surface area contributed by atoms with Gasteiger partial charge in [-0.2, -0.15) is 0 Å². The van der Waals surface area contributed by atoms with E-state index in [2.05, 4.69) is 10.6 Å². The highest BCUT2D eigenvalue weighted by Crippen LogP contribution is 2.50. The number of aromatic nitrogens is 1. The second-order valence-corrected chi connectivity index (χ2v) is 23.6. The van der Waals surface area contributed by atoms with Crippen LogP contribution in [0.1, 0.15) is 141 Å². The number of esters is 1. The number of halogens is 2. The summed E-state index contributed by atoms with van der Waals surface area (Å²) in [5.41, 5.74) is -2.34. The molecule has 3 fully saturated rings. The Kier molecular flexibility index (Phi) is 17.1. The van der Waals surface area contributed by atoms with Crippen LogP contribution in [0.4, 0.5) is 10.1 Å². The Morgan fingerprint density at radius 2 is 1.55 bits per heavy atom. The molecule has 5 aliphatic heterocycles. The molecule has 1 saturated carbocycles. The second kappa shape index (κ2) is 23.5. The first kappa shape index (κ1) is 60.4. The molecule has 2 aromatic carbocycles. The van der Waals surface area contributed by atoms with Gasteiger partial charge in [-0.15, -0.1) is 0 Å². The molecular formula is C61H71ClFN5O15. The molecule has 1 aromatic heterocycles. The molecule has 0 radical (unpaired) electrons. The quantitative estimate of drug-likeness (QED) is 0.116. The number of aliphatic hydroxyl groups is 2. The summed E-state index contributed by atoms with van der Waals surface area (Å²) in [5.74, 6) is -12.1. The number of nitrogens with one attached hydrogen (secondary N) is 2. The molecule has 10 atom stereocenters. The van der Waals surface area contributed by atoms with Crippen LogP contribution in [0, 0.1) is 42.3 Å². The fourth-order valence-corrected chi connectivity index (χ4v) is 12.8. The maximum absolute atomic E-state index is 16.1. The van der Waals surface area contributed by atoms with Gasteiger partial charge in [-0.25, -0.2) is 4.39 Å². The number of carbonyl (C=O) groups excluding carboxylic acids is 7. The zero-order valence-corrected chi connectivity index (χ0v) is 48.9. The molecule has 5 N–H and O–H groups in total. The summed E-state index contributed by atoms with van der Waals surface area (Å²) in [6, 6.07) is 0.689. The van der Waals surface area contributed by atoms with E-state index in [1.807, 2.05) is 0 Å². The summed E-state index contributed by atoms with van der Waals surface area (Å²) in [6.07, 6.45) is 6.90. The second-order valence-electron chi connectivity index (χ2n) is 23.2. The number of benzene rings is 2. The molecule has 3 aromatic rings. The molecule has 7 aliphatic rings. The highest BCUT2D eigenvalue weighted by molar-refractivity contribution is 6.38. The van der Waals surface area contributed by atoms with E-state index in [1.54, 1.807) is 48.1 Å². The molecule has 20 nitrogen and oxygen atoms in total. The highest BCUT2D eigenvalue weighted by Gasteiger charge is 2.53. The van der Waals surface area contributed by atoms with Gasteiger partial charge in [0.05, 0.1) is 68.4 Å². The molecule has 10 rings (SSSR count). The van der Waals surface area contributed by atoms with Crippen LogP contribution in [0.15, 0.2) is 64.6 Å². The van der Waals surface area contributed by atoms with Gasteiger partial charge < -0.3 is 59.3 Å². The van der Waals surface area contributed by atoms with Gasteiger partial charge in [-0.1, -0.05) is 57.5 Å². The van der Waals surface area contributed by atoms with E-state index in [9.17, 15) is 44.1 Å². The van der Waals surface area contributed by atoms with Gasteiger partial charge in [0.1, 0.15) is 34.8 Å².